The van der Waals surface area contributed by atoms with E-state index in [1.54, 1.807) is 12.4 Å². The highest BCUT2D eigenvalue weighted by molar-refractivity contribution is 5.93. The molecule has 1 unspecified atom stereocenters. The molecule has 0 bridgehead atoms. The third-order valence-corrected chi connectivity index (χ3v) is 20.9. The SMILES string of the molecule is CC(=O)Nc1ncc(-c2ccc(CO)cc2)nc1Cc1ccccc1.CC(C)CC(=O)Nc1nc2c(nc1Cc1ccccc1)-c1ccc(CO)cc1CC2.CCC(C)C(=O)Nc1nc2c(nc1Cc1ccccc1)-c1ccc(CO)cc1CC2.O=C(CC1CCCCC1)Nc1ncc(-c2ccc(CO)cc2)nc1Cc1ccccc1. The highest BCUT2D eigenvalue weighted by atomic mass is 16.3. The van der Waals surface area contributed by atoms with Gasteiger partial charge in [-0.05, 0) is 112 Å². The van der Waals surface area contributed by atoms with Gasteiger partial charge < -0.3 is 41.7 Å². The number of amides is 4. The first-order valence-corrected chi connectivity index (χ1v) is 40.2. The molecule has 3 aliphatic rings. The van der Waals surface area contributed by atoms with Crippen molar-refractivity contribution in [3.8, 4) is 45.0 Å². The quantitative estimate of drug-likeness (QED) is 0.0279. The van der Waals surface area contributed by atoms with Crippen LogP contribution in [0.15, 0.2) is 219 Å². The highest BCUT2D eigenvalue weighted by Gasteiger charge is 2.27. The van der Waals surface area contributed by atoms with Crippen molar-refractivity contribution in [2.75, 3.05) is 21.3 Å². The van der Waals surface area contributed by atoms with Crippen LogP contribution in [-0.2, 0) is 97.0 Å². The summed E-state index contributed by atoms with van der Waals surface area (Å²) in [6.45, 7) is 9.52. The maximum absolute atomic E-state index is 12.7. The van der Waals surface area contributed by atoms with Crippen LogP contribution in [0.5, 0.6) is 0 Å². The number of carbonyl (C=O) groups excluding carboxylic acids is 4. The fourth-order valence-electron chi connectivity index (χ4n) is 14.4. The molecule has 1 saturated carbocycles. The van der Waals surface area contributed by atoms with Gasteiger partial charge >= 0.3 is 0 Å². The van der Waals surface area contributed by atoms with Crippen molar-refractivity contribution in [1.29, 1.82) is 0 Å². The molecule has 0 saturated heterocycles. The van der Waals surface area contributed by atoms with Crippen LogP contribution in [0.4, 0.5) is 23.3 Å². The van der Waals surface area contributed by atoms with Gasteiger partial charge in [0.1, 0.15) is 0 Å². The van der Waals surface area contributed by atoms with Crippen LogP contribution in [0.3, 0.4) is 0 Å². The van der Waals surface area contributed by atoms with Gasteiger partial charge in [0.2, 0.25) is 23.6 Å². The summed E-state index contributed by atoms with van der Waals surface area (Å²) in [5.41, 5.74) is 22.4. The number of hydrogen-bond donors (Lipinski definition) is 8. The van der Waals surface area contributed by atoms with Crippen molar-refractivity contribution in [3.63, 3.8) is 0 Å². The van der Waals surface area contributed by atoms with E-state index < -0.39 is 0 Å². The van der Waals surface area contributed by atoms with Crippen molar-refractivity contribution in [2.24, 2.45) is 17.8 Å². The average molecular weight is 1550 g/mol. The molecule has 15 rings (SSSR count). The predicted octanol–water partition coefficient (Wildman–Crippen LogP) is 16.9. The molecule has 8 aromatic carbocycles. The second-order valence-corrected chi connectivity index (χ2v) is 30.3. The Morgan fingerprint density at radius 1 is 0.405 bits per heavy atom. The number of rotatable bonds is 24. The summed E-state index contributed by atoms with van der Waals surface area (Å²) in [5.74, 6) is 2.63. The molecule has 4 amide bonds. The van der Waals surface area contributed by atoms with E-state index in [9.17, 15) is 34.5 Å². The van der Waals surface area contributed by atoms with E-state index in [4.69, 9.17) is 35.0 Å². The molecule has 0 aliphatic heterocycles. The van der Waals surface area contributed by atoms with Crippen LogP contribution in [0.25, 0.3) is 45.0 Å². The number of nitrogens with zero attached hydrogens (tertiary/aromatic N) is 8. The van der Waals surface area contributed by atoms with Gasteiger partial charge in [-0.2, -0.15) is 0 Å². The second kappa shape index (κ2) is 41.2. The van der Waals surface area contributed by atoms with Crippen LogP contribution < -0.4 is 21.3 Å². The summed E-state index contributed by atoms with van der Waals surface area (Å²) in [7, 11) is 0. The Morgan fingerprint density at radius 2 is 0.784 bits per heavy atom. The number of aromatic nitrogens is 8. The maximum Gasteiger partial charge on any atom is 0.228 e. The van der Waals surface area contributed by atoms with Gasteiger partial charge in [-0.25, -0.2) is 39.9 Å². The normalized spacial score (nSPS) is 12.7. The molecule has 1 fully saturated rings. The fourth-order valence-corrected chi connectivity index (χ4v) is 14.4. The molecule has 20 nitrogen and oxygen atoms in total. The average Bonchev–Trinajstić information content (AvgIpc) is 0.772. The zero-order chi connectivity index (χ0) is 81.3. The summed E-state index contributed by atoms with van der Waals surface area (Å²) in [5, 5.41) is 49.2. The predicted molar refractivity (Wildman–Crippen MR) is 456 cm³/mol. The second-order valence-electron chi connectivity index (χ2n) is 30.3. The monoisotopic (exact) mass is 1550 g/mol. The van der Waals surface area contributed by atoms with E-state index in [0.29, 0.717) is 73.4 Å². The van der Waals surface area contributed by atoms with Gasteiger partial charge in [-0.1, -0.05) is 253 Å². The number of fused-ring (bicyclic) bond motifs is 6. The Balaban J connectivity index is 0.000000143. The van der Waals surface area contributed by atoms with Crippen molar-refractivity contribution >= 4 is 46.9 Å². The Morgan fingerprint density at radius 3 is 1.17 bits per heavy atom. The lowest BCUT2D eigenvalue weighted by Crippen LogP contribution is -2.23. The summed E-state index contributed by atoms with van der Waals surface area (Å²) in [6, 6.07) is 67.4. The smallest absolute Gasteiger partial charge is 0.228 e. The number of aliphatic hydroxyl groups is 4. The fraction of sp³-hybridized carbons (Fsp3) is 0.292. The first-order chi connectivity index (χ1) is 56.5. The molecule has 116 heavy (non-hydrogen) atoms. The van der Waals surface area contributed by atoms with E-state index in [1.807, 2.05) is 185 Å². The number of aryl methyl sites for hydroxylation is 4. The van der Waals surface area contributed by atoms with Crippen molar-refractivity contribution in [3.05, 3.63) is 308 Å². The number of carbonyl (C=O) groups is 4. The summed E-state index contributed by atoms with van der Waals surface area (Å²) >= 11 is 0. The number of benzene rings is 8. The minimum atomic E-state index is -0.177. The van der Waals surface area contributed by atoms with E-state index in [0.717, 1.165) is 163 Å². The first-order valence-electron chi connectivity index (χ1n) is 40.2. The summed E-state index contributed by atoms with van der Waals surface area (Å²) in [6.07, 6.45) is 16.7. The van der Waals surface area contributed by atoms with Gasteiger partial charge in [0.05, 0.1) is 95.8 Å². The van der Waals surface area contributed by atoms with Crippen molar-refractivity contribution in [2.45, 2.75) is 164 Å². The summed E-state index contributed by atoms with van der Waals surface area (Å²) < 4.78 is 0. The lowest BCUT2D eigenvalue weighted by molar-refractivity contribution is -0.119. The topological polar surface area (TPSA) is 300 Å². The molecule has 20 heteroatoms. The number of nitrogens with one attached hydrogen (secondary N) is 4. The molecular formula is C96H102N12O8. The third-order valence-electron chi connectivity index (χ3n) is 20.9. The van der Waals surface area contributed by atoms with Crippen LogP contribution in [0, 0.1) is 17.8 Å². The lowest BCUT2D eigenvalue weighted by atomic mass is 9.87. The number of hydrogen-bond acceptors (Lipinski definition) is 16. The number of anilines is 4. The molecule has 8 N–H and O–H groups in total. The zero-order valence-electron chi connectivity index (χ0n) is 66.7. The van der Waals surface area contributed by atoms with Crippen LogP contribution >= 0.6 is 0 Å². The van der Waals surface area contributed by atoms with E-state index in [-0.39, 0.29) is 61.9 Å². The molecule has 4 aromatic heterocycles. The molecule has 0 radical (unpaired) electrons. The minimum absolute atomic E-state index is 0.00663. The van der Waals surface area contributed by atoms with Gasteiger partial charge in [0.15, 0.2) is 23.3 Å². The first kappa shape index (κ1) is 83.2. The molecule has 12 aromatic rings. The van der Waals surface area contributed by atoms with Gasteiger partial charge in [0, 0.05) is 73.6 Å². The van der Waals surface area contributed by atoms with Crippen LogP contribution in [-0.4, -0.2) is 83.9 Å². The highest BCUT2D eigenvalue weighted by Crippen LogP contribution is 2.37. The molecule has 4 heterocycles. The Labute approximate surface area is 679 Å². The molecule has 3 aliphatic carbocycles. The number of aliphatic hydroxyl groups excluding tert-OH is 4. The zero-order valence-corrected chi connectivity index (χ0v) is 66.7. The van der Waals surface area contributed by atoms with Crippen LogP contribution in [0.1, 0.15) is 176 Å². The lowest BCUT2D eigenvalue weighted by Gasteiger charge is -2.22. The standard InChI is InChI=1S/C26H29N3O2.2C25H27N3O2.C20H19N3O2/c30-18-21-11-13-22(14-12-21)24-17-27-26(23(28-24)15-19-7-3-1-4-8-19)29-25(31)16-20-9-5-2-6-10-20;1-16(2)12-23(30)28-25-22(14-17-6-4-3-5-7-17)26-24-20-10-8-18(15-29)13-19(20)9-11-21(24)27-25;1-3-16(2)25(30)28-24-22(14-17-7-5-4-6-8-17)26-23-20-11-9-18(15-29)13-19(20)10-12-21(23)27-24;1-14(25)22-20-18(11-15-5-3-2-4-6-15)23-19(12-21-20)17-9-7-16(13-24)8-10-17/h1,3-4,7-8,11-14,17,20,30H,2,5-6,9-10,15-16,18H2,(H,27,29,31);3-8,10,13,16,29H,9,11-12,14-15H2,1-2H3,(H,27,28,30);4-9,11,13,16,29H,3,10,12,14-15H2,1-2H3,(H,27,28,30);2-10,12,24H,11,13H2,1H3,(H,21,22,25). The molecule has 594 valence electrons. The Hall–Kier alpha value is -12.2. The minimum Gasteiger partial charge on any atom is -0.392 e. The van der Waals surface area contributed by atoms with Gasteiger partial charge in [-0.3, -0.25) is 19.2 Å². The maximum atomic E-state index is 12.7. The van der Waals surface area contributed by atoms with Crippen LogP contribution in [0.2, 0.25) is 0 Å². The molecular weight excluding hydrogens is 1450 g/mol. The van der Waals surface area contributed by atoms with E-state index >= 15 is 0 Å². The largest absolute Gasteiger partial charge is 0.392 e. The Kier molecular flexibility index (Phi) is 29.6. The molecule has 0 spiro atoms. The Bertz CT molecular complexity index is 5300. The van der Waals surface area contributed by atoms with Crippen molar-refractivity contribution < 1.29 is 39.6 Å². The van der Waals surface area contributed by atoms with Gasteiger partial charge in [-0.15, -0.1) is 0 Å². The van der Waals surface area contributed by atoms with E-state index in [1.165, 1.54) is 37.3 Å². The van der Waals surface area contributed by atoms with Crippen molar-refractivity contribution in [1.82, 2.24) is 39.9 Å². The summed E-state index contributed by atoms with van der Waals surface area (Å²) in [4.78, 5) is 87.4. The van der Waals surface area contributed by atoms with E-state index in [2.05, 4.69) is 79.8 Å². The van der Waals surface area contributed by atoms with Gasteiger partial charge in [0.25, 0.3) is 0 Å². The molecule has 1 atom stereocenters. The third kappa shape index (κ3) is 23.1.